The van der Waals surface area contributed by atoms with E-state index >= 15 is 0 Å². The molecule has 2 atom stereocenters. The van der Waals surface area contributed by atoms with Gasteiger partial charge in [0.2, 0.25) is 0 Å². The second-order valence-electron chi connectivity index (χ2n) is 3.19. The third kappa shape index (κ3) is 3.27. The fourth-order valence-corrected chi connectivity index (χ4v) is 1.19. The molecule has 15 heavy (non-hydrogen) atoms. The molecule has 0 unspecified atom stereocenters. The summed E-state index contributed by atoms with van der Waals surface area (Å²) in [4.78, 5) is 0. The van der Waals surface area contributed by atoms with E-state index in [1.807, 2.05) is 0 Å². The zero-order valence-corrected chi connectivity index (χ0v) is 9.49. The molecule has 4 nitrogen and oxygen atoms in total. The molecule has 0 saturated heterocycles. The fourth-order valence-electron chi connectivity index (χ4n) is 1.19. The number of aromatic hydroxyl groups is 1. The summed E-state index contributed by atoms with van der Waals surface area (Å²) < 4.78 is 4.93. The molecule has 0 heterocycles. The number of aliphatic hydroxyl groups excluding tert-OH is 1. The maximum Gasteiger partial charge on any atom is 0.124 e. The van der Waals surface area contributed by atoms with E-state index in [0.717, 1.165) is 0 Å². The lowest BCUT2D eigenvalue weighted by Crippen LogP contribution is -2.23. The van der Waals surface area contributed by atoms with Gasteiger partial charge in [-0.15, -0.1) is 12.4 Å². The summed E-state index contributed by atoms with van der Waals surface area (Å²) in [5, 5.41) is 18.8. The molecule has 0 aliphatic rings. The Labute approximate surface area is 95.1 Å². The Morgan fingerprint density at radius 2 is 2.00 bits per heavy atom. The summed E-state index contributed by atoms with van der Waals surface area (Å²) in [6.07, 6.45) is -0.700. The van der Waals surface area contributed by atoms with Crippen LogP contribution in [0, 0.1) is 0 Å². The number of hydrogen-bond acceptors (Lipinski definition) is 4. The monoisotopic (exact) mass is 233 g/mol. The average Bonchev–Trinajstić information content (AvgIpc) is 2.16. The molecule has 0 saturated carbocycles. The predicted molar refractivity (Wildman–Crippen MR) is 60.5 cm³/mol. The summed E-state index contributed by atoms with van der Waals surface area (Å²) in [6.45, 7) is 1.58. The first-order valence-electron chi connectivity index (χ1n) is 4.36. The largest absolute Gasteiger partial charge is 0.507 e. The van der Waals surface area contributed by atoms with Crippen LogP contribution in [0.3, 0.4) is 0 Å². The van der Waals surface area contributed by atoms with Gasteiger partial charge in [0.15, 0.2) is 0 Å². The Balaban J connectivity index is 0.00000196. The summed E-state index contributed by atoms with van der Waals surface area (Å²) in [5.74, 6) is 0.599. The second kappa shape index (κ2) is 5.80. The van der Waals surface area contributed by atoms with Crippen molar-refractivity contribution in [1.82, 2.24) is 0 Å². The summed E-state index contributed by atoms with van der Waals surface area (Å²) in [5.41, 5.74) is 6.19. The summed E-state index contributed by atoms with van der Waals surface area (Å²) in [7, 11) is 1.52. The molecule has 0 bridgehead atoms. The topological polar surface area (TPSA) is 75.7 Å². The maximum atomic E-state index is 9.57. The Morgan fingerprint density at radius 1 is 1.40 bits per heavy atom. The number of methoxy groups -OCH3 is 1. The third-order valence-electron chi connectivity index (χ3n) is 2.12. The normalized spacial score (nSPS) is 13.9. The first-order chi connectivity index (χ1) is 6.56. The Morgan fingerprint density at radius 3 is 2.40 bits per heavy atom. The van der Waals surface area contributed by atoms with Crippen LogP contribution in [0.25, 0.3) is 0 Å². The Kier molecular flexibility index (Phi) is 5.43. The van der Waals surface area contributed by atoms with Gasteiger partial charge in [-0.2, -0.15) is 0 Å². The van der Waals surface area contributed by atoms with Gasteiger partial charge in [-0.3, -0.25) is 0 Å². The average molecular weight is 234 g/mol. The van der Waals surface area contributed by atoms with Crippen molar-refractivity contribution in [3.8, 4) is 11.5 Å². The van der Waals surface area contributed by atoms with Crippen molar-refractivity contribution in [1.29, 1.82) is 0 Å². The molecule has 0 radical (unpaired) electrons. The van der Waals surface area contributed by atoms with Crippen LogP contribution in [0.2, 0.25) is 0 Å². The van der Waals surface area contributed by atoms with Crippen LogP contribution < -0.4 is 10.5 Å². The molecule has 1 rings (SSSR count). The zero-order valence-electron chi connectivity index (χ0n) is 8.68. The number of ether oxygens (including phenoxy) is 1. The number of benzene rings is 1. The highest BCUT2D eigenvalue weighted by Crippen LogP contribution is 2.28. The lowest BCUT2D eigenvalue weighted by atomic mass is 10.0. The van der Waals surface area contributed by atoms with Crippen LogP contribution >= 0.6 is 12.4 Å². The molecule has 86 valence electrons. The molecule has 0 aliphatic carbocycles. The van der Waals surface area contributed by atoms with E-state index in [-0.39, 0.29) is 18.2 Å². The van der Waals surface area contributed by atoms with Crippen LogP contribution in [0.5, 0.6) is 11.5 Å². The molecular weight excluding hydrogens is 218 g/mol. The van der Waals surface area contributed by atoms with E-state index in [1.54, 1.807) is 19.1 Å². The van der Waals surface area contributed by atoms with Crippen LogP contribution in [0.1, 0.15) is 18.5 Å². The van der Waals surface area contributed by atoms with E-state index in [4.69, 9.17) is 10.5 Å². The van der Waals surface area contributed by atoms with Gasteiger partial charge in [0, 0.05) is 11.6 Å². The van der Waals surface area contributed by atoms with Crippen molar-refractivity contribution in [2.45, 2.75) is 19.1 Å². The highest BCUT2D eigenvalue weighted by atomic mass is 35.5. The van der Waals surface area contributed by atoms with Crippen LogP contribution in [-0.2, 0) is 0 Å². The highest BCUT2D eigenvalue weighted by molar-refractivity contribution is 5.85. The Hall–Kier alpha value is -0.970. The first kappa shape index (κ1) is 14.0. The minimum absolute atomic E-state index is 0. The third-order valence-corrected chi connectivity index (χ3v) is 2.12. The number of aliphatic hydroxyl groups is 1. The van der Waals surface area contributed by atoms with Crippen molar-refractivity contribution >= 4 is 12.4 Å². The fraction of sp³-hybridized carbons (Fsp3) is 0.400. The predicted octanol–water partition coefficient (Wildman–Crippen LogP) is 1.20. The number of phenolic OH excluding ortho intramolecular Hbond substituents is 1. The van der Waals surface area contributed by atoms with Gasteiger partial charge in [0.25, 0.3) is 0 Å². The van der Waals surface area contributed by atoms with Gasteiger partial charge in [0.05, 0.1) is 19.3 Å². The number of halogens is 1. The zero-order chi connectivity index (χ0) is 10.7. The van der Waals surface area contributed by atoms with Gasteiger partial charge in [-0.25, -0.2) is 0 Å². The Bertz CT molecular complexity index is 318. The summed E-state index contributed by atoms with van der Waals surface area (Å²) >= 11 is 0. The molecule has 0 aliphatic heterocycles. The molecular formula is C10H16ClNO3. The number of rotatable bonds is 3. The minimum Gasteiger partial charge on any atom is -0.507 e. The van der Waals surface area contributed by atoms with Crippen molar-refractivity contribution < 1.29 is 14.9 Å². The van der Waals surface area contributed by atoms with Crippen molar-refractivity contribution in [3.05, 3.63) is 23.8 Å². The lowest BCUT2D eigenvalue weighted by Gasteiger charge is -2.16. The quantitative estimate of drug-likeness (QED) is 0.734. The van der Waals surface area contributed by atoms with Crippen LogP contribution in [0.15, 0.2) is 18.2 Å². The van der Waals surface area contributed by atoms with Crippen molar-refractivity contribution in [2.75, 3.05) is 7.11 Å². The molecule has 4 N–H and O–H groups in total. The second-order valence-corrected chi connectivity index (χ2v) is 3.19. The number of phenols is 1. The molecule has 0 amide bonds. The molecule has 1 aromatic rings. The van der Waals surface area contributed by atoms with Gasteiger partial charge in [-0.1, -0.05) is 0 Å². The van der Waals surface area contributed by atoms with E-state index in [9.17, 15) is 10.2 Å². The standard InChI is InChI=1S/C10H15NO3.ClH/c1-6(12)10(11)8-4-3-7(14-2)5-9(8)13;/h3-6,10,12-13H,11H2,1-2H3;1H/t6-,10-;/m1./s1. The van der Waals surface area contributed by atoms with Crippen LogP contribution in [0.4, 0.5) is 0 Å². The number of nitrogens with two attached hydrogens (primary N) is 1. The van der Waals surface area contributed by atoms with Gasteiger partial charge in [0.1, 0.15) is 11.5 Å². The highest BCUT2D eigenvalue weighted by Gasteiger charge is 2.15. The van der Waals surface area contributed by atoms with Crippen molar-refractivity contribution in [2.24, 2.45) is 5.73 Å². The van der Waals surface area contributed by atoms with Gasteiger partial charge >= 0.3 is 0 Å². The van der Waals surface area contributed by atoms with Gasteiger partial charge in [-0.05, 0) is 19.1 Å². The molecule has 0 aromatic heterocycles. The number of hydrogen-bond donors (Lipinski definition) is 3. The molecule has 5 heteroatoms. The minimum atomic E-state index is -0.700. The first-order valence-corrected chi connectivity index (χ1v) is 4.36. The SMILES string of the molecule is COc1ccc([C@H](N)[C@@H](C)O)c(O)c1.Cl. The van der Waals surface area contributed by atoms with E-state index in [1.165, 1.54) is 13.2 Å². The van der Waals surface area contributed by atoms with E-state index in [2.05, 4.69) is 0 Å². The van der Waals surface area contributed by atoms with Gasteiger partial charge < -0.3 is 20.7 Å². The summed E-state index contributed by atoms with van der Waals surface area (Å²) in [6, 6.07) is 4.22. The molecule has 1 aromatic carbocycles. The van der Waals surface area contributed by atoms with Crippen molar-refractivity contribution in [3.63, 3.8) is 0 Å². The smallest absolute Gasteiger partial charge is 0.124 e. The molecule has 0 fully saturated rings. The maximum absolute atomic E-state index is 9.57. The van der Waals surface area contributed by atoms with E-state index < -0.39 is 12.1 Å². The van der Waals surface area contributed by atoms with Crippen LogP contribution in [-0.4, -0.2) is 23.4 Å². The lowest BCUT2D eigenvalue weighted by molar-refractivity contribution is 0.162. The van der Waals surface area contributed by atoms with E-state index in [0.29, 0.717) is 11.3 Å². The molecule has 0 spiro atoms.